The number of rotatable bonds is 54. The fourth-order valence-electron chi connectivity index (χ4n) is 9.20. The lowest BCUT2D eigenvalue weighted by Gasteiger charge is -2.18. The zero-order valence-electron chi connectivity index (χ0n) is 45.3. The van der Waals surface area contributed by atoms with Crippen molar-refractivity contribution < 1.29 is 28.6 Å². The van der Waals surface area contributed by atoms with Crippen LogP contribution in [0.5, 0.6) is 0 Å². The summed E-state index contributed by atoms with van der Waals surface area (Å²) in [4.78, 5) is 38.1. The van der Waals surface area contributed by atoms with E-state index in [0.29, 0.717) is 19.3 Å². The SMILES string of the molecule is CCCCCCCCCCCC(=O)O[C@H](COC(=O)CCCCCCCCCCCCCCCCCCCCC(C)C)COC(=O)CCCCCCCCCCCCCCCCC(C)CC. The predicted molar refractivity (Wildman–Crippen MR) is 284 cm³/mol. The number of unbranched alkanes of at least 4 members (excludes halogenated alkanes) is 38. The monoisotopic (exact) mass is 933 g/mol. The topological polar surface area (TPSA) is 78.9 Å². The number of hydrogen-bond acceptors (Lipinski definition) is 6. The molecule has 0 aromatic rings. The maximum atomic E-state index is 12.8. The van der Waals surface area contributed by atoms with Crippen molar-refractivity contribution in [1.82, 2.24) is 0 Å². The molecule has 0 saturated carbocycles. The van der Waals surface area contributed by atoms with Crippen LogP contribution in [0.4, 0.5) is 0 Å². The van der Waals surface area contributed by atoms with Crippen LogP contribution in [0.3, 0.4) is 0 Å². The second-order valence-corrected chi connectivity index (χ2v) is 21.4. The van der Waals surface area contributed by atoms with Crippen molar-refractivity contribution in [3.05, 3.63) is 0 Å². The van der Waals surface area contributed by atoms with E-state index >= 15 is 0 Å². The van der Waals surface area contributed by atoms with E-state index in [4.69, 9.17) is 14.2 Å². The van der Waals surface area contributed by atoms with Gasteiger partial charge in [0.1, 0.15) is 13.2 Å². The minimum absolute atomic E-state index is 0.0627. The van der Waals surface area contributed by atoms with Gasteiger partial charge in [-0.05, 0) is 31.1 Å². The van der Waals surface area contributed by atoms with Crippen LogP contribution >= 0.6 is 0 Å². The summed E-state index contributed by atoms with van der Waals surface area (Å²) >= 11 is 0. The first kappa shape index (κ1) is 64.4. The summed E-state index contributed by atoms with van der Waals surface area (Å²) < 4.78 is 16.9. The molecule has 0 fully saturated rings. The average molecular weight is 934 g/mol. The Morgan fingerprint density at radius 3 is 0.864 bits per heavy atom. The molecular formula is C60H116O6. The Bertz CT molecular complexity index is 1010. The molecule has 0 heterocycles. The first-order valence-corrected chi connectivity index (χ1v) is 29.8. The quantitative estimate of drug-likeness (QED) is 0.0343. The highest BCUT2D eigenvalue weighted by atomic mass is 16.6. The number of carbonyl (C=O) groups is 3. The smallest absolute Gasteiger partial charge is 0.306 e. The summed E-state index contributed by atoms with van der Waals surface area (Å²) in [5.41, 5.74) is 0. The Labute approximate surface area is 412 Å². The van der Waals surface area contributed by atoms with Crippen LogP contribution in [-0.4, -0.2) is 37.2 Å². The van der Waals surface area contributed by atoms with Gasteiger partial charge in [-0.2, -0.15) is 0 Å². The highest BCUT2D eigenvalue weighted by molar-refractivity contribution is 5.71. The van der Waals surface area contributed by atoms with Gasteiger partial charge in [0.05, 0.1) is 0 Å². The van der Waals surface area contributed by atoms with Crippen LogP contribution in [-0.2, 0) is 28.6 Å². The highest BCUT2D eigenvalue weighted by Gasteiger charge is 2.19. The molecule has 0 bridgehead atoms. The molecule has 0 aliphatic heterocycles. The first-order chi connectivity index (χ1) is 32.3. The van der Waals surface area contributed by atoms with E-state index in [0.717, 1.165) is 69.6 Å². The van der Waals surface area contributed by atoms with E-state index in [1.165, 1.54) is 225 Å². The number of esters is 3. The largest absolute Gasteiger partial charge is 0.462 e. The fourth-order valence-corrected chi connectivity index (χ4v) is 9.20. The molecule has 0 aliphatic carbocycles. The molecule has 0 rings (SSSR count). The molecule has 2 atom stereocenters. The van der Waals surface area contributed by atoms with Crippen molar-refractivity contribution in [3.63, 3.8) is 0 Å². The van der Waals surface area contributed by atoms with E-state index in [9.17, 15) is 14.4 Å². The summed E-state index contributed by atoms with van der Waals surface area (Å²) in [6, 6.07) is 0. The third-order valence-corrected chi connectivity index (χ3v) is 14.1. The minimum atomic E-state index is -0.762. The van der Waals surface area contributed by atoms with Gasteiger partial charge in [0.15, 0.2) is 6.10 Å². The molecule has 0 saturated heterocycles. The van der Waals surface area contributed by atoms with E-state index in [-0.39, 0.29) is 31.1 Å². The van der Waals surface area contributed by atoms with Gasteiger partial charge in [-0.25, -0.2) is 0 Å². The maximum Gasteiger partial charge on any atom is 0.306 e. The van der Waals surface area contributed by atoms with Gasteiger partial charge in [-0.3, -0.25) is 14.4 Å². The van der Waals surface area contributed by atoms with E-state index in [2.05, 4.69) is 34.6 Å². The minimum Gasteiger partial charge on any atom is -0.462 e. The van der Waals surface area contributed by atoms with Crippen molar-refractivity contribution in [1.29, 1.82) is 0 Å². The molecule has 0 aromatic carbocycles. The van der Waals surface area contributed by atoms with Gasteiger partial charge in [-0.1, -0.05) is 298 Å². The van der Waals surface area contributed by atoms with E-state index < -0.39 is 6.10 Å². The van der Waals surface area contributed by atoms with E-state index in [1.54, 1.807) is 0 Å². The number of hydrogen-bond donors (Lipinski definition) is 0. The molecule has 0 radical (unpaired) electrons. The van der Waals surface area contributed by atoms with Crippen LogP contribution in [0.1, 0.15) is 336 Å². The molecule has 0 aromatic heterocycles. The molecule has 0 spiro atoms. The highest BCUT2D eigenvalue weighted by Crippen LogP contribution is 2.19. The third-order valence-electron chi connectivity index (χ3n) is 14.1. The van der Waals surface area contributed by atoms with Crippen molar-refractivity contribution in [2.45, 2.75) is 343 Å². The van der Waals surface area contributed by atoms with Crippen molar-refractivity contribution >= 4 is 17.9 Å². The molecule has 0 amide bonds. The maximum absolute atomic E-state index is 12.8. The summed E-state index contributed by atoms with van der Waals surface area (Å²) in [6.45, 7) is 11.5. The Morgan fingerprint density at radius 2 is 0.576 bits per heavy atom. The van der Waals surface area contributed by atoms with Crippen LogP contribution in [0, 0.1) is 11.8 Å². The Hall–Kier alpha value is -1.59. The summed E-state index contributed by atoms with van der Waals surface area (Å²) in [5, 5.41) is 0. The van der Waals surface area contributed by atoms with Crippen molar-refractivity contribution in [3.8, 4) is 0 Å². The lowest BCUT2D eigenvalue weighted by Crippen LogP contribution is -2.30. The molecule has 66 heavy (non-hydrogen) atoms. The van der Waals surface area contributed by atoms with Gasteiger partial charge >= 0.3 is 17.9 Å². The first-order valence-electron chi connectivity index (χ1n) is 29.8. The number of ether oxygens (including phenoxy) is 3. The Morgan fingerprint density at radius 1 is 0.318 bits per heavy atom. The lowest BCUT2D eigenvalue weighted by atomic mass is 9.99. The summed E-state index contributed by atoms with van der Waals surface area (Å²) in [6.07, 6.45) is 56.7. The molecule has 6 heteroatoms. The van der Waals surface area contributed by atoms with Crippen LogP contribution < -0.4 is 0 Å². The molecule has 1 unspecified atom stereocenters. The zero-order chi connectivity index (χ0) is 48.2. The fraction of sp³-hybridized carbons (Fsp3) is 0.950. The number of carbonyl (C=O) groups excluding carboxylic acids is 3. The van der Waals surface area contributed by atoms with Gasteiger partial charge in [0.25, 0.3) is 0 Å². The molecule has 0 N–H and O–H groups in total. The standard InChI is InChI=1S/C60H116O6/c1-6-8-9-10-11-28-37-42-47-52-60(63)66-57(54-65-59(62)51-46-41-36-32-27-23-19-18-21-25-30-34-39-44-49-56(5)7-2)53-64-58(61)50-45-40-35-31-26-22-17-15-13-12-14-16-20-24-29-33-38-43-48-55(3)4/h55-57H,6-54H2,1-5H3/t56?,57-/m1/s1. The van der Waals surface area contributed by atoms with Gasteiger partial charge in [-0.15, -0.1) is 0 Å². The molecule has 0 aliphatic rings. The van der Waals surface area contributed by atoms with Crippen LogP contribution in [0.15, 0.2) is 0 Å². The lowest BCUT2D eigenvalue weighted by molar-refractivity contribution is -0.167. The summed E-state index contributed by atoms with van der Waals surface area (Å²) in [7, 11) is 0. The van der Waals surface area contributed by atoms with Crippen molar-refractivity contribution in [2.75, 3.05) is 13.2 Å². The molecule has 6 nitrogen and oxygen atoms in total. The summed E-state index contributed by atoms with van der Waals surface area (Å²) in [5.74, 6) is 0.914. The predicted octanol–water partition coefficient (Wildman–Crippen LogP) is 19.7. The normalized spacial score (nSPS) is 12.5. The Kier molecular flexibility index (Phi) is 51.5. The average Bonchev–Trinajstić information content (AvgIpc) is 3.30. The van der Waals surface area contributed by atoms with E-state index in [1.807, 2.05) is 0 Å². The van der Waals surface area contributed by atoms with Gasteiger partial charge in [0, 0.05) is 19.3 Å². The van der Waals surface area contributed by atoms with Gasteiger partial charge < -0.3 is 14.2 Å². The van der Waals surface area contributed by atoms with Crippen LogP contribution in [0.25, 0.3) is 0 Å². The van der Waals surface area contributed by atoms with Gasteiger partial charge in [0.2, 0.25) is 0 Å². The molecule has 392 valence electrons. The van der Waals surface area contributed by atoms with Crippen LogP contribution in [0.2, 0.25) is 0 Å². The second kappa shape index (κ2) is 52.8. The third kappa shape index (κ3) is 51.8. The zero-order valence-corrected chi connectivity index (χ0v) is 45.3. The second-order valence-electron chi connectivity index (χ2n) is 21.4. The van der Waals surface area contributed by atoms with Crippen molar-refractivity contribution in [2.24, 2.45) is 11.8 Å². The Balaban J connectivity index is 4.15. The molecular weight excluding hydrogens is 817 g/mol.